The summed E-state index contributed by atoms with van der Waals surface area (Å²) >= 11 is 0. The van der Waals surface area contributed by atoms with Crippen molar-refractivity contribution in [3.8, 4) is 11.5 Å². The van der Waals surface area contributed by atoms with Gasteiger partial charge in [-0.25, -0.2) is 4.39 Å². The topological polar surface area (TPSA) is 82.7 Å². The van der Waals surface area contributed by atoms with Gasteiger partial charge in [0, 0.05) is 31.7 Å². The number of carbonyl (C=O) groups is 1. The third-order valence-corrected chi connectivity index (χ3v) is 5.09. The molecular weight excluding hydrogens is 375 g/mol. The zero-order chi connectivity index (χ0) is 20.4. The van der Waals surface area contributed by atoms with Gasteiger partial charge in [-0.1, -0.05) is 35.5 Å². The number of carboxylic acids is 1. The average Bonchev–Trinajstić information content (AvgIpc) is 3.16. The van der Waals surface area contributed by atoms with Crippen LogP contribution in [0.15, 0.2) is 53.1 Å². The molecule has 1 aliphatic heterocycles. The van der Waals surface area contributed by atoms with Crippen molar-refractivity contribution in [2.24, 2.45) is 0 Å². The van der Waals surface area contributed by atoms with Crippen LogP contribution in [0.5, 0.6) is 0 Å². The first-order valence-electron chi connectivity index (χ1n) is 9.40. The van der Waals surface area contributed by atoms with Crippen LogP contribution in [-0.4, -0.2) is 52.3 Å². The number of anilines is 1. The lowest BCUT2D eigenvalue weighted by atomic mass is 10.0. The van der Waals surface area contributed by atoms with Crippen LogP contribution in [0.1, 0.15) is 17.4 Å². The normalized spacial score (nSPS) is 16.0. The Morgan fingerprint density at radius 1 is 1.14 bits per heavy atom. The van der Waals surface area contributed by atoms with E-state index in [0.717, 1.165) is 5.56 Å². The summed E-state index contributed by atoms with van der Waals surface area (Å²) in [6.45, 7) is 3.82. The monoisotopic (exact) mass is 396 g/mol. The van der Waals surface area contributed by atoms with E-state index in [-0.39, 0.29) is 11.7 Å². The van der Waals surface area contributed by atoms with Crippen LogP contribution in [0.25, 0.3) is 11.5 Å². The zero-order valence-corrected chi connectivity index (χ0v) is 16.0. The molecule has 7 nitrogen and oxygen atoms in total. The standard InChI is InChI=1S/C21H21FN4O3/c1-14-23-20(29-24-14)16-7-8-18(17(22)13-16)25-9-11-26(12-10-25)19(21(27)28)15-5-3-2-4-6-15/h2-8,13,19H,9-12H2,1H3,(H,27,28). The Balaban J connectivity index is 1.47. The third-order valence-electron chi connectivity index (χ3n) is 5.09. The Labute approximate surface area is 167 Å². The Morgan fingerprint density at radius 3 is 2.45 bits per heavy atom. The summed E-state index contributed by atoms with van der Waals surface area (Å²) < 4.78 is 19.8. The molecule has 0 aliphatic carbocycles. The molecule has 2 aromatic carbocycles. The fourth-order valence-electron chi connectivity index (χ4n) is 3.68. The quantitative estimate of drug-likeness (QED) is 0.709. The molecule has 29 heavy (non-hydrogen) atoms. The molecule has 2 heterocycles. The summed E-state index contributed by atoms with van der Waals surface area (Å²) in [5.74, 6) is -0.475. The van der Waals surface area contributed by atoms with E-state index in [4.69, 9.17) is 4.52 Å². The molecule has 1 saturated heterocycles. The highest BCUT2D eigenvalue weighted by molar-refractivity contribution is 5.75. The van der Waals surface area contributed by atoms with E-state index < -0.39 is 12.0 Å². The minimum absolute atomic E-state index is 0.282. The van der Waals surface area contributed by atoms with E-state index in [1.165, 1.54) is 6.07 Å². The minimum atomic E-state index is -0.880. The molecule has 4 rings (SSSR count). The molecule has 1 atom stereocenters. The molecule has 1 unspecified atom stereocenters. The molecule has 0 bridgehead atoms. The Kier molecular flexibility index (Phi) is 5.26. The van der Waals surface area contributed by atoms with Crippen molar-refractivity contribution in [2.75, 3.05) is 31.1 Å². The zero-order valence-electron chi connectivity index (χ0n) is 16.0. The lowest BCUT2D eigenvalue weighted by Gasteiger charge is -2.39. The van der Waals surface area contributed by atoms with E-state index >= 15 is 0 Å². The van der Waals surface area contributed by atoms with Crippen LogP contribution in [-0.2, 0) is 4.79 Å². The lowest BCUT2D eigenvalue weighted by molar-refractivity contribution is -0.143. The number of nitrogens with zero attached hydrogens (tertiary/aromatic N) is 4. The molecule has 1 aliphatic rings. The van der Waals surface area contributed by atoms with E-state index in [2.05, 4.69) is 10.1 Å². The predicted molar refractivity (Wildman–Crippen MR) is 105 cm³/mol. The van der Waals surface area contributed by atoms with Crippen molar-refractivity contribution in [3.05, 3.63) is 65.7 Å². The first-order valence-corrected chi connectivity index (χ1v) is 9.40. The highest BCUT2D eigenvalue weighted by atomic mass is 19.1. The van der Waals surface area contributed by atoms with Crippen molar-refractivity contribution < 1.29 is 18.8 Å². The molecule has 1 fully saturated rings. The van der Waals surface area contributed by atoms with Gasteiger partial charge in [-0.3, -0.25) is 9.69 Å². The van der Waals surface area contributed by atoms with E-state index in [9.17, 15) is 14.3 Å². The van der Waals surface area contributed by atoms with Gasteiger partial charge in [0.05, 0.1) is 5.69 Å². The number of hydrogen-bond donors (Lipinski definition) is 1. The smallest absolute Gasteiger partial charge is 0.325 e. The maximum Gasteiger partial charge on any atom is 0.325 e. The predicted octanol–water partition coefficient (Wildman–Crippen LogP) is 3.13. The molecule has 1 aromatic heterocycles. The number of aromatic nitrogens is 2. The van der Waals surface area contributed by atoms with Gasteiger partial charge in [0.2, 0.25) is 0 Å². The third kappa shape index (κ3) is 3.97. The molecule has 0 amide bonds. The Hall–Kier alpha value is -3.26. The van der Waals surface area contributed by atoms with Gasteiger partial charge in [0.25, 0.3) is 5.89 Å². The van der Waals surface area contributed by atoms with Crippen molar-refractivity contribution in [1.82, 2.24) is 15.0 Å². The largest absolute Gasteiger partial charge is 0.480 e. The maximum absolute atomic E-state index is 14.7. The number of hydrogen-bond acceptors (Lipinski definition) is 6. The average molecular weight is 396 g/mol. The second kappa shape index (κ2) is 8.00. The van der Waals surface area contributed by atoms with Gasteiger partial charge in [-0.15, -0.1) is 0 Å². The summed E-state index contributed by atoms with van der Waals surface area (Å²) in [5.41, 5.74) is 1.76. The second-order valence-electron chi connectivity index (χ2n) is 6.99. The summed E-state index contributed by atoms with van der Waals surface area (Å²) in [4.78, 5) is 19.8. The number of halogens is 1. The van der Waals surface area contributed by atoms with Crippen LogP contribution in [0.2, 0.25) is 0 Å². The molecular formula is C21H21FN4O3. The fraction of sp³-hybridized carbons (Fsp3) is 0.286. The second-order valence-corrected chi connectivity index (χ2v) is 6.99. The van der Waals surface area contributed by atoms with Gasteiger partial charge < -0.3 is 14.5 Å². The van der Waals surface area contributed by atoms with Crippen LogP contribution >= 0.6 is 0 Å². The summed E-state index contributed by atoms with van der Waals surface area (Å²) in [6, 6.07) is 13.3. The molecule has 150 valence electrons. The van der Waals surface area contributed by atoms with Crippen LogP contribution in [0.3, 0.4) is 0 Å². The van der Waals surface area contributed by atoms with Gasteiger partial charge in [-0.05, 0) is 30.7 Å². The van der Waals surface area contributed by atoms with Crippen molar-refractivity contribution >= 4 is 11.7 Å². The van der Waals surface area contributed by atoms with Gasteiger partial charge in [-0.2, -0.15) is 4.98 Å². The van der Waals surface area contributed by atoms with Gasteiger partial charge in [0.15, 0.2) is 5.82 Å². The highest BCUT2D eigenvalue weighted by Gasteiger charge is 2.30. The highest BCUT2D eigenvalue weighted by Crippen LogP contribution is 2.28. The van der Waals surface area contributed by atoms with Crippen LogP contribution in [0.4, 0.5) is 10.1 Å². The maximum atomic E-state index is 14.7. The Bertz CT molecular complexity index is 1000. The first kappa shape index (κ1) is 19.1. The first-order chi connectivity index (χ1) is 14.0. The number of rotatable bonds is 5. The number of carboxylic acid groups (broad SMARTS) is 1. The van der Waals surface area contributed by atoms with E-state index in [1.54, 1.807) is 19.1 Å². The molecule has 0 radical (unpaired) electrons. The van der Waals surface area contributed by atoms with Crippen LogP contribution in [0, 0.1) is 12.7 Å². The minimum Gasteiger partial charge on any atom is -0.480 e. The number of aryl methyl sites for hydroxylation is 1. The molecule has 8 heteroatoms. The van der Waals surface area contributed by atoms with Crippen LogP contribution < -0.4 is 4.90 Å². The van der Waals surface area contributed by atoms with Crippen molar-refractivity contribution in [2.45, 2.75) is 13.0 Å². The lowest BCUT2D eigenvalue weighted by Crippen LogP contribution is -2.49. The van der Waals surface area contributed by atoms with Gasteiger partial charge in [0.1, 0.15) is 11.9 Å². The molecule has 1 N–H and O–H groups in total. The summed E-state index contributed by atoms with van der Waals surface area (Å²) in [7, 11) is 0. The molecule has 3 aromatic rings. The number of piperazine rings is 1. The van der Waals surface area contributed by atoms with Crippen molar-refractivity contribution in [1.29, 1.82) is 0 Å². The molecule has 0 saturated carbocycles. The summed E-state index contributed by atoms with van der Waals surface area (Å²) in [6.07, 6.45) is 0. The Morgan fingerprint density at radius 2 is 1.86 bits per heavy atom. The summed E-state index contributed by atoms with van der Waals surface area (Å²) in [5, 5.41) is 13.4. The fourth-order valence-corrected chi connectivity index (χ4v) is 3.68. The number of benzene rings is 2. The molecule has 0 spiro atoms. The SMILES string of the molecule is Cc1noc(-c2ccc(N3CCN(C(C(=O)O)c4ccccc4)CC3)c(F)c2)n1. The van der Waals surface area contributed by atoms with E-state index in [1.807, 2.05) is 40.1 Å². The van der Waals surface area contributed by atoms with E-state index in [0.29, 0.717) is 43.3 Å². The van der Waals surface area contributed by atoms with Gasteiger partial charge >= 0.3 is 5.97 Å². The number of aliphatic carboxylic acids is 1. The van der Waals surface area contributed by atoms with Crippen molar-refractivity contribution in [3.63, 3.8) is 0 Å².